The number of halogens is 2. The molecule has 1 aliphatic carbocycles. The fourth-order valence-corrected chi connectivity index (χ4v) is 2.96. The van der Waals surface area contributed by atoms with Crippen molar-refractivity contribution in [3.05, 3.63) is 45.2 Å². The van der Waals surface area contributed by atoms with E-state index in [9.17, 15) is 0 Å². The van der Waals surface area contributed by atoms with E-state index in [2.05, 4.69) is 38.7 Å². The molecule has 0 amide bonds. The molecule has 89 valence electrons. The minimum Gasteiger partial charge on any atom is -1.00 e. The molecule has 0 N–H and O–H groups in total. The molecule has 2 rings (SSSR count). The summed E-state index contributed by atoms with van der Waals surface area (Å²) in [6.07, 6.45) is 5.47. The van der Waals surface area contributed by atoms with Crippen molar-refractivity contribution in [1.29, 1.82) is 0 Å². The summed E-state index contributed by atoms with van der Waals surface area (Å²) in [6.45, 7) is 0. The maximum atomic E-state index is 5.32. The smallest absolute Gasteiger partial charge is 1.00 e. The van der Waals surface area contributed by atoms with E-state index in [0.717, 1.165) is 12.2 Å². The van der Waals surface area contributed by atoms with Crippen LogP contribution in [0.5, 0.6) is 5.75 Å². The van der Waals surface area contributed by atoms with Crippen molar-refractivity contribution in [2.75, 3.05) is 7.11 Å². The van der Waals surface area contributed by atoms with Crippen molar-refractivity contribution in [3.63, 3.8) is 0 Å². The minimum atomic E-state index is 0. The second-order valence-electron chi connectivity index (χ2n) is 3.20. The van der Waals surface area contributed by atoms with E-state index in [1.165, 1.54) is 13.7 Å². The van der Waals surface area contributed by atoms with Crippen LogP contribution in [0.4, 0.5) is 0 Å². The summed E-state index contributed by atoms with van der Waals surface area (Å²) in [6, 6.07) is 8.13. The van der Waals surface area contributed by atoms with E-state index < -0.39 is 0 Å². The molecule has 0 saturated heterocycles. The van der Waals surface area contributed by atoms with Gasteiger partial charge in [-0.15, -0.1) is 0 Å². The average molecular weight is 322 g/mol. The van der Waals surface area contributed by atoms with Crippen molar-refractivity contribution >= 4 is 11.8 Å². The van der Waals surface area contributed by atoms with E-state index in [0.29, 0.717) is 0 Å². The Hall–Kier alpha value is 0.144. The summed E-state index contributed by atoms with van der Waals surface area (Å²) in [5.74, 6) is 0.947. The van der Waals surface area contributed by atoms with Gasteiger partial charge < -0.3 is 24.8 Å². The number of methoxy groups -OCH3 is 1. The van der Waals surface area contributed by atoms with Crippen LogP contribution in [0.2, 0.25) is 0 Å². The number of benzene rings is 1. The van der Waals surface area contributed by atoms with E-state index in [1.54, 1.807) is 18.9 Å². The summed E-state index contributed by atoms with van der Waals surface area (Å²) in [4.78, 5) is 2.53. The zero-order valence-corrected chi connectivity index (χ0v) is 13.1. The number of allylic oxidation sites excluding steroid dienone is 3. The Balaban J connectivity index is 0.00000128. The molecule has 0 spiro atoms. The molecular weight excluding hydrogens is 311 g/mol. The Bertz CT molecular complexity index is 432. The van der Waals surface area contributed by atoms with Crippen molar-refractivity contribution in [2.24, 2.45) is 0 Å². The molecule has 1 aromatic carbocycles. The first-order valence-corrected chi connectivity index (χ1v) is 6.33. The molecular formula is C12H11Cl2OSTi. The van der Waals surface area contributed by atoms with Gasteiger partial charge in [0.1, 0.15) is 0 Å². The second kappa shape index (κ2) is 8.28. The summed E-state index contributed by atoms with van der Waals surface area (Å²) in [5, 5.41) is 0. The molecule has 1 aromatic rings. The third-order valence-electron chi connectivity index (χ3n) is 2.18. The number of thioether (sulfide) groups is 1. The normalized spacial score (nSPS) is 13.1. The van der Waals surface area contributed by atoms with E-state index in [1.807, 2.05) is 18.2 Å². The van der Waals surface area contributed by atoms with E-state index in [-0.39, 0.29) is 24.8 Å². The Kier molecular flexibility index (Phi) is 8.35. The number of ether oxygens (including phenoxy) is 1. The summed E-state index contributed by atoms with van der Waals surface area (Å²) in [5.41, 5.74) is 0. The Morgan fingerprint density at radius 3 is 2.53 bits per heavy atom. The van der Waals surface area contributed by atoms with Crippen LogP contribution in [-0.2, 0) is 20.4 Å². The van der Waals surface area contributed by atoms with Crippen molar-refractivity contribution < 1.29 is 50.0 Å². The standard InChI is InChI=1S/C12H11OS.2ClH.Ti/c1-13-11-8-4-5-9-12(11)14-10-6-2-3-7-10;;;/h2,4-6,8-9H,3H2,1H3;2*1H;/q;;;+2/p-2. The molecule has 0 aliphatic heterocycles. The molecule has 0 bridgehead atoms. The number of rotatable bonds is 3. The van der Waals surface area contributed by atoms with Crippen LogP contribution in [0.3, 0.4) is 0 Å². The molecule has 0 atom stereocenters. The number of hydrogen-bond acceptors (Lipinski definition) is 2. The first kappa shape index (κ1) is 17.1. The molecule has 0 fully saturated rings. The van der Waals surface area contributed by atoms with Crippen LogP contribution >= 0.6 is 11.8 Å². The van der Waals surface area contributed by atoms with E-state index in [4.69, 9.17) is 4.74 Å². The average Bonchev–Trinajstić information content (AvgIpc) is 2.65. The Morgan fingerprint density at radius 2 is 1.94 bits per heavy atom. The molecule has 0 saturated carbocycles. The monoisotopic (exact) mass is 321 g/mol. The van der Waals surface area contributed by atoms with Gasteiger partial charge in [0.15, 0.2) is 0 Å². The third kappa shape index (κ3) is 4.38. The molecule has 5 heteroatoms. The van der Waals surface area contributed by atoms with Gasteiger partial charge >= 0.3 is 106 Å². The van der Waals surface area contributed by atoms with Crippen LogP contribution in [0.1, 0.15) is 6.42 Å². The van der Waals surface area contributed by atoms with Crippen LogP contribution in [0, 0.1) is 0 Å². The maximum Gasteiger partial charge on any atom is -1.00 e. The molecule has 0 radical (unpaired) electrons. The minimum absolute atomic E-state index is 0. The summed E-state index contributed by atoms with van der Waals surface area (Å²) < 4.78 is 6.76. The predicted octanol–water partition coefficient (Wildman–Crippen LogP) is -2.49. The number of para-hydroxylation sites is 1. The van der Waals surface area contributed by atoms with Gasteiger partial charge in [0.05, 0.1) is 0 Å². The van der Waals surface area contributed by atoms with Gasteiger partial charge in [-0.25, -0.2) is 0 Å². The van der Waals surface area contributed by atoms with Gasteiger partial charge in [0.2, 0.25) is 0 Å². The van der Waals surface area contributed by atoms with Crippen LogP contribution in [0.15, 0.2) is 50.1 Å². The maximum absolute atomic E-state index is 5.32. The van der Waals surface area contributed by atoms with Gasteiger partial charge in [-0.3, -0.25) is 0 Å². The van der Waals surface area contributed by atoms with Crippen LogP contribution in [-0.4, -0.2) is 7.11 Å². The first-order valence-electron chi connectivity index (χ1n) is 4.73. The predicted molar refractivity (Wildman–Crippen MR) is 59.6 cm³/mol. The molecule has 0 aromatic heterocycles. The van der Waals surface area contributed by atoms with Gasteiger partial charge in [0.25, 0.3) is 0 Å². The third-order valence-corrected chi connectivity index (χ3v) is 4.36. The topological polar surface area (TPSA) is 9.23 Å². The zero-order chi connectivity index (χ0) is 10.7. The second-order valence-corrected chi connectivity index (χ2v) is 5.23. The van der Waals surface area contributed by atoms with Gasteiger partial charge in [-0.05, 0) is 0 Å². The van der Waals surface area contributed by atoms with Crippen LogP contribution in [0.25, 0.3) is 0 Å². The van der Waals surface area contributed by atoms with Gasteiger partial charge in [0, 0.05) is 0 Å². The SMILES string of the molecule is COc1ccccc1SC1=[C]([Ti+2])CC=C1.[Cl-].[Cl-]. The van der Waals surface area contributed by atoms with E-state index >= 15 is 0 Å². The zero-order valence-electron chi connectivity index (χ0n) is 9.24. The molecule has 1 nitrogen and oxygen atoms in total. The van der Waals surface area contributed by atoms with Gasteiger partial charge in [-0.1, -0.05) is 0 Å². The summed E-state index contributed by atoms with van der Waals surface area (Å²) >= 11 is 3.96. The molecule has 17 heavy (non-hydrogen) atoms. The fraction of sp³-hybridized carbons (Fsp3) is 0.167. The fourth-order valence-electron chi connectivity index (χ4n) is 1.40. The largest absolute Gasteiger partial charge is 1.00 e. The molecule has 0 heterocycles. The first-order chi connectivity index (χ1) is 7.31. The number of hydrogen-bond donors (Lipinski definition) is 0. The summed E-state index contributed by atoms with van der Waals surface area (Å²) in [7, 11) is 1.71. The Labute approximate surface area is 130 Å². The van der Waals surface area contributed by atoms with Crippen molar-refractivity contribution in [2.45, 2.75) is 11.3 Å². The Morgan fingerprint density at radius 1 is 1.24 bits per heavy atom. The van der Waals surface area contributed by atoms with Crippen molar-refractivity contribution in [3.8, 4) is 5.75 Å². The van der Waals surface area contributed by atoms with Crippen LogP contribution < -0.4 is 29.6 Å². The quantitative estimate of drug-likeness (QED) is 0.570. The molecule has 0 unspecified atom stereocenters. The van der Waals surface area contributed by atoms with Crippen molar-refractivity contribution in [1.82, 2.24) is 0 Å². The van der Waals surface area contributed by atoms with Gasteiger partial charge in [-0.2, -0.15) is 0 Å². The molecule has 1 aliphatic rings.